The summed E-state index contributed by atoms with van der Waals surface area (Å²) in [4.78, 5) is 23.6. The zero-order valence-corrected chi connectivity index (χ0v) is 13.3. The Morgan fingerprint density at radius 1 is 1.20 bits per heavy atom. The first kappa shape index (κ1) is 19.0. The van der Waals surface area contributed by atoms with E-state index in [9.17, 15) is 22.8 Å². The second-order valence-corrected chi connectivity index (χ2v) is 5.87. The van der Waals surface area contributed by atoms with Crippen LogP contribution in [0.3, 0.4) is 0 Å². The molecule has 1 heterocycles. The summed E-state index contributed by atoms with van der Waals surface area (Å²) < 4.78 is 54.4. The van der Waals surface area contributed by atoms with Crippen LogP contribution >= 0.6 is 0 Å². The topological polar surface area (TPSA) is 69.6 Å². The molecule has 0 bridgehead atoms. The number of aliphatic carboxylic acids is 1. The monoisotopic (exact) mass is 362 g/mol. The lowest BCUT2D eigenvalue weighted by Crippen LogP contribution is -2.48. The Labute approximate surface area is 141 Å². The molecule has 0 aromatic heterocycles. The summed E-state index contributed by atoms with van der Waals surface area (Å²) in [6.07, 6.45) is -5.41. The largest absolute Gasteiger partial charge is 0.481 e. The van der Waals surface area contributed by atoms with Gasteiger partial charge in [0.25, 0.3) is 0 Å². The highest BCUT2D eigenvalue weighted by molar-refractivity contribution is 5.75. The lowest BCUT2D eigenvalue weighted by atomic mass is 9.83. The number of hydrogen-bond acceptors (Lipinski definition) is 2. The fourth-order valence-electron chi connectivity index (χ4n) is 2.84. The maximum absolute atomic E-state index is 15.2. The molecule has 9 heteroatoms. The third-order valence-corrected chi connectivity index (χ3v) is 4.17. The third-order valence-electron chi connectivity index (χ3n) is 4.17. The van der Waals surface area contributed by atoms with E-state index in [0.717, 1.165) is 12.1 Å². The first-order valence-corrected chi connectivity index (χ1v) is 7.74. The van der Waals surface area contributed by atoms with Gasteiger partial charge in [0.1, 0.15) is 5.67 Å². The Morgan fingerprint density at radius 2 is 1.80 bits per heavy atom. The number of carbonyl (C=O) groups is 2. The summed E-state index contributed by atoms with van der Waals surface area (Å²) in [5, 5.41) is 10.9. The Kier molecular flexibility index (Phi) is 5.54. The summed E-state index contributed by atoms with van der Waals surface area (Å²) in [6, 6.07) is 4.00. The molecule has 0 atom stereocenters. The second-order valence-electron chi connectivity index (χ2n) is 5.87. The Balaban J connectivity index is 2.04. The van der Waals surface area contributed by atoms with E-state index in [0.29, 0.717) is 0 Å². The van der Waals surface area contributed by atoms with E-state index in [2.05, 4.69) is 5.32 Å². The van der Waals surface area contributed by atoms with Crippen molar-refractivity contribution in [3.05, 3.63) is 35.4 Å². The lowest BCUT2D eigenvalue weighted by Gasteiger charge is -2.37. The van der Waals surface area contributed by atoms with Crippen molar-refractivity contribution < 1.29 is 32.3 Å². The minimum absolute atomic E-state index is 0.0540. The highest BCUT2D eigenvalue weighted by atomic mass is 19.4. The summed E-state index contributed by atoms with van der Waals surface area (Å²) in [7, 11) is 0. The van der Waals surface area contributed by atoms with Gasteiger partial charge in [-0.15, -0.1) is 0 Å². The van der Waals surface area contributed by atoms with Crippen LogP contribution in [0.1, 0.15) is 30.4 Å². The molecule has 0 spiro atoms. The number of carboxylic acid groups (broad SMARTS) is 1. The Bertz CT molecular complexity index is 641. The number of likely N-dealkylation sites (tertiary alicyclic amines) is 1. The predicted molar refractivity (Wildman–Crippen MR) is 80.7 cm³/mol. The molecule has 1 aromatic rings. The molecule has 5 nitrogen and oxygen atoms in total. The number of piperidine rings is 1. The molecule has 0 radical (unpaired) electrons. The summed E-state index contributed by atoms with van der Waals surface area (Å²) >= 11 is 0. The van der Waals surface area contributed by atoms with Crippen molar-refractivity contribution in [2.24, 2.45) is 0 Å². The molecule has 1 aliphatic rings. The molecule has 1 aliphatic heterocycles. The van der Waals surface area contributed by atoms with Crippen LogP contribution in [0.4, 0.5) is 22.4 Å². The van der Waals surface area contributed by atoms with E-state index in [1.54, 1.807) is 0 Å². The Hall–Kier alpha value is -2.32. The van der Waals surface area contributed by atoms with Crippen molar-refractivity contribution >= 4 is 12.0 Å². The number of nitrogens with one attached hydrogen (secondary N) is 1. The molecule has 2 amide bonds. The number of carbonyl (C=O) groups excluding carboxylic acids is 1. The van der Waals surface area contributed by atoms with Crippen molar-refractivity contribution in [2.45, 2.75) is 31.1 Å². The SMILES string of the molecule is O=C(O)CCNC(=O)N1CCC(F)(c2ccccc2C(F)(F)F)CC1. The van der Waals surface area contributed by atoms with Crippen LogP contribution in [0.25, 0.3) is 0 Å². The third kappa shape index (κ3) is 4.61. The van der Waals surface area contributed by atoms with Gasteiger partial charge >= 0.3 is 18.2 Å². The van der Waals surface area contributed by atoms with E-state index in [1.165, 1.54) is 17.0 Å². The number of alkyl halides is 4. The van der Waals surface area contributed by atoms with Crippen LogP contribution in [0.5, 0.6) is 0 Å². The zero-order valence-electron chi connectivity index (χ0n) is 13.3. The van der Waals surface area contributed by atoms with Crippen molar-refractivity contribution in [3.8, 4) is 0 Å². The van der Waals surface area contributed by atoms with Crippen molar-refractivity contribution in [1.29, 1.82) is 0 Å². The van der Waals surface area contributed by atoms with E-state index in [1.807, 2.05) is 0 Å². The van der Waals surface area contributed by atoms with E-state index < -0.39 is 35.0 Å². The zero-order chi connectivity index (χ0) is 18.7. The number of rotatable bonds is 4. The van der Waals surface area contributed by atoms with Gasteiger partial charge in [-0.3, -0.25) is 4.79 Å². The highest BCUT2D eigenvalue weighted by Crippen LogP contribution is 2.43. The molecule has 0 saturated carbocycles. The van der Waals surface area contributed by atoms with E-state index in [4.69, 9.17) is 5.11 Å². The average Bonchev–Trinajstić information content (AvgIpc) is 2.54. The molecular formula is C16H18F4N2O3. The van der Waals surface area contributed by atoms with Crippen LogP contribution in [0.15, 0.2) is 24.3 Å². The lowest BCUT2D eigenvalue weighted by molar-refractivity contribution is -0.140. The van der Waals surface area contributed by atoms with Gasteiger partial charge in [-0.05, 0) is 6.07 Å². The van der Waals surface area contributed by atoms with Crippen molar-refractivity contribution in [1.82, 2.24) is 10.2 Å². The quantitative estimate of drug-likeness (QED) is 0.809. The first-order chi connectivity index (χ1) is 11.6. The number of urea groups is 1. The average molecular weight is 362 g/mol. The number of carboxylic acids is 1. The summed E-state index contributed by atoms with van der Waals surface area (Å²) in [6.45, 7) is -0.175. The van der Waals surface area contributed by atoms with Crippen LogP contribution in [-0.4, -0.2) is 41.6 Å². The van der Waals surface area contributed by atoms with Crippen LogP contribution < -0.4 is 5.32 Å². The van der Waals surface area contributed by atoms with Gasteiger partial charge in [0.15, 0.2) is 0 Å². The Morgan fingerprint density at radius 3 is 2.36 bits per heavy atom. The van der Waals surface area contributed by atoms with Gasteiger partial charge in [-0.1, -0.05) is 18.2 Å². The normalized spacial score (nSPS) is 17.2. The molecular weight excluding hydrogens is 344 g/mol. The molecule has 2 rings (SSSR count). The maximum atomic E-state index is 15.2. The summed E-state index contributed by atoms with van der Waals surface area (Å²) in [5.41, 5.74) is -3.57. The minimum atomic E-state index is -4.65. The van der Waals surface area contributed by atoms with Crippen molar-refractivity contribution in [2.75, 3.05) is 19.6 Å². The standard InChI is InChI=1S/C16H18F4N2O3/c17-15(11-3-1-2-4-12(11)16(18,19)20)6-9-22(10-7-15)14(25)21-8-5-13(23)24/h1-4H,5-10H2,(H,21,25)(H,23,24). The molecule has 2 N–H and O–H groups in total. The van der Waals surface area contributed by atoms with Gasteiger partial charge in [0, 0.05) is 38.0 Å². The number of benzene rings is 1. The minimum Gasteiger partial charge on any atom is -0.481 e. The number of hydrogen-bond donors (Lipinski definition) is 2. The molecule has 0 unspecified atom stereocenters. The van der Waals surface area contributed by atoms with Gasteiger partial charge in [0.2, 0.25) is 0 Å². The number of halogens is 4. The van der Waals surface area contributed by atoms with Crippen LogP contribution in [0, 0.1) is 0 Å². The molecule has 138 valence electrons. The fourth-order valence-corrected chi connectivity index (χ4v) is 2.84. The number of nitrogens with zero attached hydrogens (tertiary/aromatic N) is 1. The molecule has 1 aromatic carbocycles. The molecule has 25 heavy (non-hydrogen) atoms. The summed E-state index contributed by atoms with van der Waals surface area (Å²) in [5.74, 6) is -1.06. The molecule has 1 saturated heterocycles. The van der Waals surface area contributed by atoms with E-state index in [-0.39, 0.29) is 38.9 Å². The van der Waals surface area contributed by atoms with Crippen LogP contribution in [-0.2, 0) is 16.6 Å². The second kappa shape index (κ2) is 7.28. The van der Waals surface area contributed by atoms with Gasteiger partial charge in [-0.25, -0.2) is 9.18 Å². The molecule has 0 aliphatic carbocycles. The van der Waals surface area contributed by atoms with Gasteiger partial charge < -0.3 is 15.3 Å². The van der Waals surface area contributed by atoms with Gasteiger partial charge in [-0.2, -0.15) is 13.2 Å². The predicted octanol–water partition coefficient (Wildman–Crippen LogP) is 3.15. The van der Waals surface area contributed by atoms with E-state index >= 15 is 4.39 Å². The fraction of sp³-hybridized carbons (Fsp3) is 0.500. The highest BCUT2D eigenvalue weighted by Gasteiger charge is 2.44. The smallest absolute Gasteiger partial charge is 0.416 e. The number of amides is 2. The van der Waals surface area contributed by atoms with Crippen LogP contribution in [0.2, 0.25) is 0 Å². The van der Waals surface area contributed by atoms with Gasteiger partial charge in [0.05, 0.1) is 12.0 Å². The maximum Gasteiger partial charge on any atom is 0.416 e. The molecule has 1 fully saturated rings. The van der Waals surface area contributed by atoms with Crippen molar-refractivity contribution in [3.63, 3.8) is 0 Å². The first-order valence-electron chi connectivity index (χ1n) is 7.74.